The third-order valence-corrected chi connectivity index (χ3v) is 6.18. The second-order valence-electron chi connectivity index (χ2n) is 8.03. The average Bonchev–Trinajstić information content (AvgIpc) is 3.48. The Hall–Kier alpha value is -2.76. The van der Waals surface area contributed by atoms with E-state index in [1.165, 1.54) is 6.07 Å². The van der Waals surface area contributed by atoms with Gasteiger partial charge in [0.25, 0.3) is 0 Å². The molecule has 1 amide bonds. The summed E-state index contributed by atoms with van der Waals surface area (Å²) >= 11 is 0. The topological polar surface area (TPSA) is 46.3 Å². The Kier molecular flexibility index (Phi) is 4.57. The number of halogens is 2. The molecular weight excluding hydrogens is 374 g/mol. The minimum Gasteiger partial charge on any atom is -0.438 e. The van der Waals surface area contributed by atoms with Gasteiger partial charge in [-0.05, 0) is 61.1 Å². The summed E-state index contributed by atoms with van der Waals surface area (Å²) in [5.74, 6) is -0.816. The first-order valence-electron chi connectivity index (χ1n) is 10.3. The minimum absolute atomic E-state index is 0.123. The van der Waals surface area contributed by atoms with E-state index in [0.717, 1.165) is 56.7 Å². The first-order valence-corrected chi connectivity index (χ1v) is 10.3. The van der Waals surface area contributed by atoms with Gasteiger partial charge < -0.3 is 9.32 Å². The van der Waals surface area contributed by atoms with E-state index in [1.54, 1.807) is 18.2 Å². The van der Waals surface area contributed by atoms with E-state index in [-0.39, 0.29) is 17.9 Å². The number of aromatic nitrogens is 1. The van der Waals surface area contributed by atoms with Gasteiger partial charge in [0.2, 0.25) is 11.8 Å². The molecule has 1 atom stereocenters. The molecule has 2 fully saturated rings. The number of rotatable bonds is 3. The van der Waals surface area contributed by atoms with Gasteiger partial charge in [-0.25, -0.2) is 13.8 Å². The Morgan fingerprint density at radius 2 is 1.72 bits per heavy atom. The maximum Gasteiger partial charge on any atom is 0.226 e. The van der Waals surface area contributed by atoms with Crippen LogP contribution in [0.4, 0.5) is 8.78 Å². The molecule has 1 saturated carbocycles. The number of hydrogen-bond donors (Lipinski definition) is 0. The normalized spacial score (nSPS) is 20.1. The number of carbonyl (C=O) groups excluding carboxylic acids is 1. The standard InChI is InChI=1S/C23H22F2N2O2/c24-17-9-7-15(12-18(17)25)16-8-10-21-19(13-16)26-22(29-21)20-6-3-11-27(20)23(28)14-4-1-2-5-14/h7-10,12-14,20H,1-6,11H2/t20-/m1/s1. The lowest BCUT2D eigenvalue weighted by atomic mass is 10.1. The van der Waals surface area contributed by atoms with Crippen LogP contribution in [0.1, 0.15) is 50.5 Å². The zero-order chi connectivity index (χ0) is 20.0. The largest absolute Gasteiger partial charge is 0.438 e. The molecule has 0 N–H and O–H groups in total. The van der Waals surface area contributed by atoms with Crippen LogP contribution in [-0.4, -0.2) is 22.3 Å². The predicted octanol–water partition coefficient (Wildman–Crippen LogP) is 5.63. The van der Waals surface area contributed by atoms with Gasteiger partial charge >= 0.3 is 0 Å². The second kappa shape index (κ2) is 7.25. The van der Waals surface area contributed by atoms with Crippen LogP contribution in [0.25, 0.3) is 22.2 Å². The smallest absolute Gasteiger partial charge is 0.226 e. The van der Waals surface area contributed by atoms with Crippen LogP contribution in [-0.2, 0) is 4.79 Å². The lowest BCUT2D eigenvalue weighted by Crippen LogP contribution is -2.34. The summed E-state index contributed by atoms with van der Waals surface area (Å²) < 4.78 is 32.8. The molecule has 0 spiro atoms. The zero-order valence-electron chi connectivity index (χ0n) is 16.0. The Bertz CT molecular complexity index is 1070. The number of oxazole rings is 1. The van der Waals surface area contributed by atoms with E-state index in [4.69, 9.17) is 4.42 Å². The van der Waals surface area contributed by atoms with Crippen molar-refractivity contribution < 1.29 is 18.0 Å². The summed E-state index contributed by atoms with van der Waals surface area (Å²) in [7, 11) is 0. The van der Waals surface area contributed by atoms with Crippen molar-refractivity contribution in [3.8, 4) is 11.1 Å². The summed E-state index contributed by atoms with van der Waals surface area (Å²) in [4.78, 5) is 19.5. The first-order chi connectivity index (χ1) is 14.1. The Morgan fingerprint density at radius 1 is 0.966 bits per heavy atom. The molecule has 2 heterocycles. The van der Waals surface area contributed by atoms with E-state index in [9.17, 15) is 13.6 Å². The van der Waals surface area contributed by atoms with Crippen LogP contribution >= 0.6 is 0 Å². The molecule has 2 aliphatic rings. The van der Waals surface area contributed by atoms with E-state index in [0.29, 0.717) is 22.6 Å². The highest BCUT2D eigenvalue weighted by Gasteiger charge is 2.37. The molecule has 5 rings (SSSR count). The van der Waals surface area contributed by atoms with Crippen molar-refractivity contribution in [2.24, 2.45) is 5.92 Å². The maximum atomic E-state index is 13.6. The Morgan fingerprint density at radius 3 is 2.52 bits per heavy atom. The summed E-state index contributed by atoms with van der Waals surface area (Å²) in [6.45, 7) is 0.749. The second-order valence-corrected chi connectivity index (χ2v) is 8.03. The molecule has 1 aliphatic carbocycles. The molecule has 150 valence electrons. The molecule has 1 saturated heterocycles. The lowest BCUT2D eigenvalue weighted by molar-refractivity contribution is -0.136. The van der Waals surface area contributed by atoms with Crippen molar-refractivity contribution in [3.63, 3.8) is 0 Å². The molecule has 0 unspecified atom stereocenters. The number of benzene rings is 2. The van der Waals surface area contributed by atoms with Gasteiger partial charge in [-0.3, -0.25) is 4.79 Å². The molecule has 4 nitrogen and oxygen atoms in total. The molecule has 1 aromatic heterocycles. The molecular formula is C23H22F2N2O2. The quantitative estimate of drug-likeness (QED) is 0.577. The molecule has 29 heavy (non-hydrogen) atoms. The number of likely N-dealkylation sites (tertiary alicyclic amines) is 1. The summed E-state index contributed by atoms with van der Waals surface area (Å²) in [5, 5.41) is 0. The molecule has 0 radical (unpaired) electrons. The average molecular weight is 396 g/mol. The minimum atomic E-state index is -0.879. The van der Waals surface area contributed by atoms with Gasteiger partial charge in [0, 0.05) is 12.5 Å². The van der Waals surface area contributed by atoms with E-state index >= 15 is 0 Å². The molecule has 3 aromatic rings. The number of nitrogens with zero attached hydrogens (tertiary/aromatic N) is 2. The SMILES string of the molecule is O=C(C1CCCC1)N1CCC[C@@H]1c1nc2cc(-c3ccc(F)c(F)c3)ccc2o1. The highest BCUT2D eigenvalue weighted by molar-refractivity contribution is 5.81. The highest BCUT2D eigenvalue weighted by Crippen LogP contribution is 2.37. The molecule has 6 heteroatoms. The first kappa shape index (κ1) is 18.3. The summed E-state index contributed by atoms with van der Waals surface area (Å²) in [6, 6.07) is 9.12. The predicted molar refractivity (Wildman–Crippen MR) is 105 cm³/mol. The van der Waals surface area contributed by atoms with Crippen LogP contribution in [0.5, 0.6) is 0 Å². The Labute approximate surface area is 167 Å². The van der Waals surface area contributed by atoms with Gasteiger partial charge in [-0.1, -0.05) is 25.0 Å². The zero-order valence-corrected chi connectivity index (χ0v) is 16.0. The van der Waals surface area contributed by atoms with Crippen LogP contribution in [0.15, 0.2) is 40.8 Å². The van der Waals surface area contributed by atoms with Gasteiger partial charge in [-0.2, -0.15) is 0 Å². The molecule has 2 aromatic carbocycles. The summed E-state index contributed by atoms with van der Waals surface area (Å²) in [6.07, 6.45) is 6.01. The summed E-state index contributed by atoms with van der Waals surface area (Å²) in [5.41, 5.74) is 2.60. The number of hydrogen-bond acceptors (Lipinski definition) is 3. The molecule has 1 aliphatic heterocycles. The highest BCUT2D eigenvalue weighted by atomic mass is 19.2. The van der Waals surface area contributed by atoms with Crippen molar-refractivity contribution >= 4 is 17.0 Å². The van der Waals surface area contributed by atoms with Crippen LogP contribution in [0.2, 0.25) is 0 Å². The van der Waals surface area contributed by atoms with Crippen molar-refractivity contribution in [2.75, 3.05) is 6.54 Å². The fraction of sp³-hybridized carbons (Fsp3) is 0.391. The number of carbonyl (C=O) groups is 1. The third kappa shape index (κ3) is 3.30. The van der Waals surface area contributed by atoms with Crippen molar-refractivity contribution in [2.45, 2.75) is 44.6 Å². The van der Waals surface area contributed by atoms with E-state index in [1.807, 2.05) is 11.0 Å². The number of amides is 1. The Balaban J connectivity index is 1.45. The van der Waals surface area contributed by atoms with Gasteiger partial charge in [-0.15, -0.1) is 0 Å². The van der Waals surface area contributed by atoms with Crippen LogP contribution in [0.3, 0.4) is 0 Å². The molecule has 0 bridgehead atoms. The van der Waals surface area contributed by atoms with Gasteiger partial charge in [0.1, 0.15) is 11.6 Å². The van der Waals surface area contributed by atoms with Crippen molar-refractivity contribution in [3.05, 3.63) is 53.9 Å². The van der Waals surface area contributed by atoms with Gasteiger partial charge in [0.15, 0.2) is 17.2 Å². The van der Waals surface area contributed by atoms with Crippen molar-refractivity contribution in [1.29, 1.82) is 0 Å². The third-order valence-electron chi connectivity index (χ3n) is 6.18. The maximum absolute atomic E-state index is 13.6. The van der Waals surface area contributed by atoms with E-state index in [2.05, 4.69) is 4.98 Å². The fourth-order valence-corrected chi connectivity index (χ4v) is 4.64. The van der Waals surface area contributed by atoms with E-state index < -0.39 is 11.6 Å². The van der Waals surface area contributed by atoms with Crippen LogP contribution < -0.4 is 0 Å². The van der Waals surface area contributed by atoms with Crippen LogP contribution in [0, 0.1) is 17.6 Å². The fourth-order valence-electron chi connectivity index (χ4n) is 4.64. The lowest BCUT2D eigenvalue weighted by Gasteiger charge is -2.25. The van der Waals surface area contributed by atoms with Crippen molar-refractivity contribution in [1.82, 2.24) is 9.88 Å². The van der Waals surface area contributed by atoms with Gasteiger partial charge in [0.05, 0.1) is 0 Å². The monoisotopic (exact) mass is 396 g/mol. The number of fused-ring (bicyclic) bond motifs is 1.